The van der Waals surface area contributed by atoms with E-state index < -0.39 is 0 Å². The molecule has 1 heterocycles. The average Bonchev–Trinajstić information content (AvgIpc) is 2.83. The fraction of sp³-hybridized carbons (Fsp3) is 0.357. The van der Waals surface area contributed by atoms with Crippen LogP contribution in [0.4, 0.5) is 0 Å². The SMILES string of the molecule is Cc1ccc(C(C)NCCc2nccs2)cc1. The van der Waals surface area contributed by atoms with E-state index in [2.05, 4.69) is 48.4 Å². The molecule has 0 aliphatic rings. The second-order valence-electron chi connectivity index (χ2n) is 4.26. The van der Waals surface area contributed by atoms with Crippen molar-refractivity contribution in [2.24, 2.45) is 0 Å². The van der Waals surface area contributed by atoms with Crippen LogP contribution in [-0.4, -0.2) is 11.5 Å². The molecule has 17 heavy (non-hydrogen) atoms. The summed E-state index contributed by atoms with van der Waals surface area (Å²) in [5.74, 6) is 0. The van der Waals surface area contributed by atoms with Crippen LogP contribution in [0.1, 0.15) is 29.1 Å². The van der Waals surface area contributed by atoms with E-state index in [0.29, 0.717) is 6.04 Å². The summed E-state index contributed by atoms with van der Waals surface area (Å²) < 4.78 is 0. The molecule has 1 unspecified atom stereocenters. The molecule has 0 aliphatic heterocycles. The number of nitrogens with one attached hydrogen (secondary N) is 1. The highest BCUT2D eigenvalue weighted by Gasteiger charge is 2.04. The molecular formula is C14H18N2S. The Kier molecular flexibility index (Phi) is 4.29. The van der Waals surface area contributed by atoms with Crippen molar-refractivity contribution in [2.75, 3.05) is 6.54 Å². The van der Waals surface area contributed by atoms with Crippen LogP contribution >= 0.6 is 11.3 Å². The van der Waals surface area contributed by atoms with E-state index in [1.807, 2.05) is 11.6 Å². The highest BCUT2D eigenvalue weighted by atomic mass is 32.1. The molecule has 0 aliphatic carbocycles. The first kappa shape index (κ1) is 12.3. The second kappa shape index (κ2) is 5.94. The van der Waals surface area contributed by atoms with Crippen molar-refractivity contribution in [1.29, 1.82) is 0 Å². The van der Waals surface area contributed by atoms with E-state index in [-0.39, 0.29) is 0 Å². The van der Waals surface area contributed by atoms with Gasteiger partial charge in [-0.2, -0.15) is 0 Å². The number of rotatable bonds is 5. The monoisotopic (exact) mass is 246 g/mol. The molecule has 2 nitrogen and oxygen atoms in total. The molecule has 0 radical (unpaired) electrons. The highest BCUT2D eigenvalue weighted by molar-refractivity contribution is 7.09. The molecule has 3 heteroatoms. The lowest BCUT2D eigenvalue weighted by atomic mass is 10.1. The minimum atomic E-state index is 0.399. The van der Waals surface area contributed by atoms with Gasteiger partial charge in [-0.1, -0.05) is 29.8 Å². The van der Waals surface area contributed by atoms with E-state index in [1.54, 1.807) is 11.3 Å². The lowest BCUT2D eigenvalue weighted by molar-refractivity contribution is 0.576. The van der Waals surface area contributed by atoms with E-state index in [9.17, 15) is 0 Å². The Morgan fingerprint density at radius 1 is 1.29 bits per heavy atom. The summed E-state index contributed by atoms with van der Waals surface area (Å²) in [6.07, 6.45) is 2.87. The van der Waals surface area contributed by atoms with Crippen LogP contribution in [0.3, 0.4) is 0 Å². The Morgan fingerprint density at radius 2 is 2.06 bits per heavy atom. The van der Waals surface area contributed by atoms with Gasteiger partial charge in [0.25, 0.3) is 0 Å². The number of aromatic nitrogens is 1. The van der Waals surface area contributed by atoms with Crippen LogP contribution in [-0.2, 0) is 6.42 Å². The Balaban J connectivity index is 1.81. The second-order valence-corrected chi connectivity index (χ2v) is 5.24. The van der Waals surface area contributed by atoms with Crippen LogP contribution < -0.4 is 5.32 Å². The quantitative estimate of drug-likeness (QED) is 0.875. The molecule has 0 bridgehead atoms. The summed E-state index contributed by atoms with van der Waals surface area (Å²) >= 11 is 1.72. The van der Waals surface area contributed by atoms with Crippen molar-refractivity contribution in [3.05, 3.63) is 52.0 Å². The molecule has 0 saturated heterocycles. The smallest absolute Gasteiger partial charge is 0.0937 e. The third-order valence-corrected chi connectivity index (χ3v) is 3.69. The lowest BCUT2D eigenvalue weighted by Gasteiger charge is -2.13. The fourth-order valence-corrected chi connectivity index (χ4v) is 2.37. The topological polar surface area (TPSA) is 24.9 Å². The van der Waals surface area contributed by atoms with E-state index in [4.69, 9.17) is 0 Å². The van der Waals surface area contributed by atoms with Gasteiger partial charge in [0.05, 0.1) is 5.01 Å². The molecule has 1 aromatic heterocycles. The number of nitrogens with zero attached hydrogens (tertiary/aromatic N) is 1. The molecule has 0 saturated carbocycles. The molecule has 1 N–H and O–H groups in total. The lowest BCUT2D eigenvalue weighted by Crippen LogP contribution is -2.21. The zero-order chi connectivity index (χ0) is 12.1. The average molecular weight is 246 g/mol. The number of aryl methyl sites for hydroxylation is 1. The number of hydrogen-bond donors (Lipinski definition) is 1. The van der Waals surface area contributed by atoms with Crippen molar-refractivity contribution in [3.8, 4) is 0 Å². The maximum atomic E-state index is 4.28. The Hall–Kier alpha value is -1.19. The number of thiazole rings is 1. The van der Waals surface area contributed by atoms with Gasteiger partial charge in [0, 0.05) is 30.6 Å². The Morgan fingerprint density at radius 3 is 2.71 bits per heavy atom. The van der Waals surface area contributed by atoms with Gasteiger partial charge in [-0.3, -0.25) is 0 Å². The predicted molar refractivity (Wildman–Crippen MR) is 73.4 cm³/mol. The van der Waals surface area contributed by atoms with Crippen molar-refractivity contribution in [2.45, 2.75) is 26.3 Å². The van der Waals surface area contributed by atoms with Gasteiger partial charge in [0.15, 0.2) is 0 Å². The first-order valence-corrected chi connectivity index (χ1v) is 6.82. The minimum absolute atomic E-state index is 0.399. The maximum Gasteiger partial charge on any atom is 0.0937 e. The largest absolute Gasteiger partial charge is 0.310 e. The molecule has 2 aromatic rings. The molecule has 2 rings (SSSR count). The first-order chi connectivity index (χ1) is 8.25. The van der Waals surface area contributed by atoms with Crippen molar-refractivity contribution in [3.63, 3.8) is 0 Å². The summed E-state index contributed by atoms with van der Waals surface area (Å²) in [6.45, 7) is 5.29. The third-order valence-electron chi connectivity index (χ3n) is 2.85. The van der Waals surface area contributed by atoms with Crippen LogP contribution in [0.5, 0.6) is 0 Å². The zero-order valence-electron chi connectivity index (χ0n) is 10.3. The standard InChI is InChI=1S/C14H18N2S/c1-11-3-5-13(6-4-11)12(2)15-8-7-14-16-9-10-17-14/h3-6,9-10,12,15H,7-8H2,1-2H3. The van der Waals surface area contributed by atoms with Gasteiger partial charge in [0.1, 0.15) is 0 Å². The van der Waals surface area contributed by atoms with E-state index in [1.165, 1.54) is 16.1 Å². The summed E-state index contributed by atoms with van der Waals surface area (Å²) in [5, 5.41) is 6.75. The molecular weight excluding hydrogens is 228 g/mol. The van der Waals surface area contributed by atoms with E-state index >= 15 is 0 Å². The summed E-state index contributed by atoms with van der Waals surface area (Å²) in [4.78, 5) is 4.28. The minimum Gasteiger partial charge on any atom is -0.310 e. The van der Waals surface area contributed by atoms with Gasteiger partial charge in [-0.05, 0) is 19.4 Å². The van der Waals surface area contributed by atoms with Gasteiger partial charge in [-0.25, -0.2) is 4.98 Å². The third kappa shape index (κ3) is 3.65. The van der Waals surface area contributed by atoms with Gasteiger partial charge < -0.3 is 5.32 Å². The molecule has 0 fully saturated rings. The van der Waals surface area contributed by atoms with Crippen molar-refractivity contribution < 1.29 is 0 Å². The Labute approximate surface area is 107 Å². The van der Waals surface area contributed by atoms with E-state index in [0.717, 1.165) is 13.0 Å². The number of benzene rings is 1. The Bertz CT molecular complexity index is 434. The van der Waals surface area contributed by atoms with Gasteiger partial charge >= 0.3 is 0 Å². The zero-order valence-corrected chi connectivity index (χ0v) is 11.1. The number of hydrogen-bond acceptors (Lipinski definition) is 3. The van der Waals surface area contributed by atoms with Crippen LogP contribution in [0.15, 0.2) is 35.8 Å². The highest BCUT2D eigenvalue weighted by Crippen LogP contribution is 2.13. The van der Waals surface area contributed by atoms with Crippen molar-refractivity contribution >= 4 is 11.3 Å². The van der Waals surface area contributed by atoms with Crippen LogP contribution in [0.2, 0.25) is 0 Å². The van der Waals surface area contributed by atoms with Crippen LogP contribution in [0, 0.1) is 6.92 Å². The van der Waals surface area contributed by atoms with Crippen LogP contribution in [0.25, 0.3) is 0 Å². The summed E-state index contributed by atoms with van der Waals surface area (Å²) in [6, 6.07) is 9.10. The molecule has 1 atom stereocenters. The summed E-state index contributed by atoms with van der Waals surface area (Å²) in [5.41, 5.74) is 2.65. The fourth-order valence-electron chi connectivity index (χ4n) is 1.75. The predicted octanol–water partition coefficient (Wildman–Crippen LogP) is 3.34. The normalized spacial score (nSPS) is 12.6. The first-order valence-electron chi connectivity index (χ1n) is 5.94. The molecule has 1 aromatic carbocycles. The molecule has 90 valence electrons. The van der Waals surface area contributed by atoms with Gasteiger partial charge in [-0.15, -0.1) is 11.3 Å². The molecule has 0 amide bonds. The summed E-state index contributed by atoms with van der Waals surface area (Å²) in [7, 11) is 0. The molecule has 0 spiro atoms. The maximum absolute atomic E-state index is 4.28. The van der Waals surface area contributed by atoms with Gasteiger partial charge in [0.2, 0.25) is 0 Å². The van der Waals surface area contributed by atoms with Crippen molar-refractivity contribution in [1.82, 2.24) is 10.3 Å².